The minimum atomic E-state index is 0.159. The molecule has 2 rings (SSSR count). The highest BCUT2D eigenvalue weighted by atomic mass is 15.5. The number of hydrogen-bond donors (Lipinski definition) is 2. The third-order valence-corrected chi connectivity index (χ3v) is 3.33. The summed E-state index contributed by atoms with van der Waals surface area (Å²) in [6.07, 6.45) is 1.90. The summed E-state index contributed by atoms with van der Waals surface area (Å²) < 4.78 is 1.95. The second-order valence-electron chi connectivity index (χ2n) is 4.98. The molecule has 112 valence electrons. The molecular weight excluding hydrogens is 272 g/mol. The Labute approximate surface area is 131 Å². The normalized spacial score (nSPS) is 12.3. The van der Waals surface area contributed by atoms with Gasteiger partial charge < -0.3 is 0 Å². The minimum absolute atomic E-state index is 0.159. The van der Waals surface area contributed by atoms with Crippen molar-refractivity contribution in [3.63, 3.8) is 0 Å². The Morgan fingerprint density at radius 2 is 1.82 bits per heavy atom. The van der Waals surface area contributed by atoms with Crippen LogP contribution in [0.1, 0.15) is 31.0 Å². The van der Waals surface area contributed by atoms with E-state index in [9.17, 15) is 0 Å². The van der Waals surface area contributed by atoms with Gasteiger partial charge in [-0.1, -0.05) is 30.3 Å². The zero-order valence-corrected chi connectivity index (χ0v) is 13.0. The van der Waals surface area contributed by atoms with Crippen LogP contribution in [0.2, 0.25) is 0 Å². The number of hydrazine groups is 1. The van der Waals surface area contributed by atoms with E-state index in [0.29, 0.717) is 5.56 Å². The predicted octanol–water partition coefficient (Wildman–Crippen LogP) is 3.11. The van der Waals surface area contributed by atoms with E-state index in [1.165, 1.54) is 5.56 Å². The quantitative estimate of drug-likeness (QED) is 0.372. The van der Waals surface area contributed by atoms with Crippen molar-refractivity contribution >= 4 is 12.0 Å². The standard InChI is InChI=1S/C18H20N4/c1-3-20-14-22(18-11-9-16(13-19)10-12-18)21-15(2)17-7-5-4-6-8-17/h4-12,14-15,21H,3H2,1-2H3/p+1/t15-/m0/s1. The second kappa shape index (κ2) is 7.84. The van der Waals surface area contributed by atoms with Gasteiger partial charge in [-0.05, 0) is 43.7 Å². The summed E-state index contributed by atoms with van der Waals surface area (Å²) in [4.78, 5) is 0. The van der Waals surface area contributed by atoms with Crippen LogP contribution in [0, 0.1) is 11.3 Å². The van der Waals surface area contributed by atoms with Gasteiger partial charge >= 0.3 is 0 Å². The highest BCUT2D eigenvalue weighted by molar-refractivity contribution is 5.51. The second-order valence-corrected chi connectivity index (χ2v) is 4.98. The molecule has 0 aliphatic heterocycles. The van der Waals surface area contributed by atoms with Crippen molar-refractivity contribution < 1.29 is 4.68 Å². The molecule has 1 atom stereocenters. The lowest BCUT2D eigenvalue weighted by Gasteiger charge is -2.16. The first-order chi connectivity index (χ1) is 10.7. The van der Waals surface area contributed by atoms with Crippen LogP contribution in [-0.4, -0.2) is 17.6 Å². The van der Waals surface area contributed by atoms with Crippen LogP contribution in [0.5, 0.6) is 0 Å². The minimum Gasteiger partial charge on any atom is -0.279 e. The van der Waals surface area contributed by atoms with Crippen molar-refractivity contribution in [1.29, 1.82) is 5.26 Å². The maximum absolute atomic E-state index is 8.90. The molecule has 22 heavy (non-hydrogen) atoms. The van der Waals surface area contributed by atoms with Crippen LogP contribution in [0.4, 0.5) is 5.69 Å². The van der Waals surface area contributed by atoms with Crippen molar-refractivity contribution in [3.8, 4) is 6.07 Å². The van der Waals surface area contributed by atoms with Crippen LogP contribution in [0.25, 0.3) is 0 Å². The topological polar surface area (TPSA) is 50.9 Å². The van der Waals surface area contributed by atoms with E-state index in [0.717, 1.165) is 12.2 Å². The predicted molar refractivity (Wildman–Crippen MR) is 88.8 cm³/mol. The first-order valence-corrected chi connectivity index (χ1v) is 7.42. The van der Waals surface area contributed by atoms with E-state index in [2.05, 4.69) is 35.9 Å². The lowest BCUT2D eigenvalue weighted by atomic mass is 10.1. The fraction of sp³-hybridized carbons (Fsp3) is 0.222. The molecule has 0 saturated carbocycles. The zero-order chi connectivity index (χ0) is 15.8. The Kier molecular flexibility index (Phi) is 5.56. The molecule has 0 aliphatic carbocycles. The van der Waals surface area contributed by atoms with Crippen LogP contribution >= 0.6 is 0 Å². The first-order valence-electron chi connectivity index (χ1n) is 7.42. The third-order valence-electron chi connectivity index (χ3n) is 3.33. The molecule has 2 N–H and O–H groups in total. The fourth-order valence-electron chi connectivity index (χ4n) is 2.09. The SMILES string of the molecule is CCNC=[N+](N[C@@H](C)c1ccccc1)c1ccc(C#N)cc1. The number of rotatable bonds is 6. The maximum atomic E-state index is 8.90. The Balaban J connectivity index is 2.21. The molecule has 0 radical (unpaired) electrons. The number of nitrogens with zero attached hydrogens (tertiary/aromatic N) is 2. The Hall–Kier alpha value is -2.80. The summed E-state index contributed by atoms with van der Waals surface area (Å²) in [5.74, 6) is 0. The van der Waals surface area contributed by atoms with E-state index < -0.39 is 0 Å². The van der Waals surface area contributed by atoms with Crippen molar-refractivity contribution in [3.05, 3.63) is 65.7 Å². The average Bonchev–Trinajstić information content (AvgIpc) is 2.59. The summed E-state index contributed by atoms with van der Waals surface area (Å²) in [5.41, 5.74) is 6.30. The van der Waals surface area contributed by atoms with Gasteiger partial charge in [0.25, 0.3) is 6.34 Å². The lowest BCUT2D eigenvalue weighted by molar-refractivity contribution is -0.512. The van der Waals surface area contributed by atoms with Gasteiger partial charge in [0.15, 0.2) is 5.69 Å². The smallest absolute Gasteiger partial charge is 0.260 e. The first kappa shape index (κ1) is 15.6. The van der Waals surface area contributed by atoms with Gasteiger partial charge in [-0.2, -0.15) is 5.26 Å². The molecule has 2 aromatic rings. The van der Waals surface area contributed by atoms with Gasteiger partial charge in [-0.3, -0.25) is 5.32 Å². The Bertz CT molecular complexity index is 654. The highest BCUT2D eigenvalue weighted by Crippen LogP contribution is 2.15. The number of nitriles is 1. The van der Waals surface area contributed by atoms with E-state index in [1.54, 1.807) is 0 Å². The number of hydrazone groups is 1. The molecular formula is C18H21N4+. The molecule has 0 amide bonds. The molecule has 0 fully saturated rings. The van der Waals surface area contributed by atoms with Gasteiger partial charge in [0, 0.05) is 0 Å². The van der Waals surface area contributed by atoms with E-state index in [4.69, 9.17) is 5.26 Å². The van der Waals surface area contributed by atoms with E-state index in [1.807, 2.05) is 60.4 Å². The molecule has 0 unspecified atom stereocenters. The largest absolute Gasteiger partial charge is 0.279 e. The molecule has 0 aliphatic rings. The molecule has 0 heterocycles. The third kappa shape index (κ3) is 4.10. The summed E-state index contributed by atoms with van der Waals surface area (Å²) in [7, 11) is 0. The lowest BCUT2D eigenvalue weighted by Crippen LogP contribution is -2.32. The van der Waals surface area contributed by atoms with Crippen molar-refractivity contribution in [2.75, 3.05) is 6.54 Å². The molecule has 0 saturated heterocycles. The zero-order valence-electron chi connectivity index (χ0n) is 13.0. The van der Waals surface area contributed by atoms with Crippen LogP contribution in [-0.2, 0) is 0 Å². The van der Waals surface area contributed by atoms with Crippen molar-refractivity contribution in [2.45, 2.75) is 19.9 Å². The van der Waals surface area contributed by atoms with Gasteiger partial charge in [0.1, 0.15) is 0 Å². The van der Waals surface area contributed by atoms with Crippen molar-refractivity contribution in [1.82, 2.24) is 10.7 Å². The summed E-state index contributed by atoms with van der Waals surface area (Å²) in [5, 5.41) is 12.1. The van der Waals surface area contributed by atoms with E-state index in [-0.39, 0.29) is 6.04 Å². The summed E-state index contributed by atoms with van der Waals surface area (Å²) in [6.45, 7) is 5.01. The molecule has 0 spiro atoms. The number of hydrogen-bond acceptors (Lipinski definition) is 2. The van der Waals surface area contributed by atoms with Gasteiger partial charge in [-0.25, -0.2) is 5.43 Å². The number of nitrogens with one attached hydrogen (secondary N) is 2. The highest BCUT2D eigenvalue weighted by Gasteiger charge is 2.11. The Morgan fingerprint density at radius 3 is 2.41 bits per heavy atom. The van der Waals surface area contributed by atoms with Crippen LogP contribution in [0.15, 0.2) is 54.6 Å². The Morgan fingerprint density at radius 1 is 1.14 bits per heavy atom. The average molecular weight is 293 g/mol. The van der Waals surface area contributed by atoms with Crippen LogP contribution < -0.4 is 10.7 Å². The number of benzene rings is 2. The maximum Gasteiger partial charge on any atom is 0.260 e. The monoisotopic (exact) mass is 293 g/mol. The fourth-order valence-corrected chi connectivity index (χ4v) is 2.09. The van der Waals surface area contributed by atoms with Gasteiger partial charge in [-0.15, -0.1) is 4.68 Å². The van der Waals surface area contributed by atoms with E-state index >= 15 is 0 Å². The summed E-state index contributed by atoms with van der Waals surface area (Å²) in [6, 6.07) is 20.1. The molecule has 0 bridgehead atoms. The molecule has 2 aromatic carbocycles. The molecule has 4 nitrogen and oxygen atoms in total. The van der Waals surface area contributed by atoms with Crippen molar-refractivity contribution in [2.24, 2.45) is 0 Å². The molecule has 0 aromatic heterocycles. The van der Waals surface area contributed by atoms with Crippen LogP contribution in [0.3, 0.4) is 0 Å². The molecule has 4 heteroatoms. The summed E-state index contributed by atoms with van der Waals surface area (Å²) >= 11 is 0. The van der Waals surface area contributed by atoms with Gasteiger partial charge in [0.05, 0.1) is 24.2 Å². The van der Waals surface area contributed by atoms with Gasteiger partial charge in [0.2, 0.25) is 0 Å².